The smallest absolute Gasteiger partial charge is 0.270 e. The van der Waals surface area contributed by atoms with Crippen molar-refractivity contribution in [2.45, 2.75) is 6.04 Å². The van der Waals surface area contributed by atoms with Crippen molar-refractivity contribution in [3.05, 3.63) is 78.1 Å². The van der Waals surface area contributed by atoms with Crippen molar-refractivity contribution in [3.63, 3.8) is 0 Å². The second-order valence-electron chi connectivity index (χ2n) is 8.25. The molecule has 1 N–H and O–H groups in total. The van der Waals surface area contributed by atoms with Gasteiger partial charge in [0, 0.05) is 24.9 Å². The summed E-state index contributed by atoms with van der Waals surface area (Å²) in [6.07, 6.45) is 1.49. The molecule has 0 aliphatic carbocycles. The highest BCUT2D eigenvalue weighted by atomic mass is 16.5. The number of likely N-dealkylation sites (N-methyl/N-ethyl adjacent to an activating group) is 1. The van der Waals surface area contributed by atoms with Gasteiger partial charge >= 0.3 is 0 Å². The number of aromatic nitrogens is 1. The Morgan fingerprint density at radius 1 is 1.17 bits per heavy atom. The molecular weight excluding hydrogens is 444 g/mol. The maximum Gasteiger partial charge on any atom is 0.270 e. The average molecular weight is 471 g/mol. The van der Waals surface area contributed by atoms with Gasteiger partial charge in [-0.05, 0) is 50.5 Å². The zero-order valence-corrected chi connectivity index (χ0v) is 19.8. The topological polar surface area (TPSA) is 84.0 Å². The highest BCUT2D eigenvalue weighted by Crippen LogP contribution is 2.31. The number of nitrogens with one attached hydrogen (secondary N) is 1. The number of hydrogen-bond acceptors (Lipinski definition) is 6. The lowest BCUT2D eigenvalue weighted by molar-refractivity contribution is -0.120. The first-order chi connectivity index (χ1) is 16.9. The van der Waals surface area contributed by atoms with Crippen LogP contribution >= 0.6 is 0 Å². The lowest BCUT2D eigenvalue weighted by Crippen LogP contribution is -2.49. The average Bonchev–Trinajstić information content (AvgIpc) is 2.97. The molecule has 4 rings (SSSR count). The lowest BCUT2D eigenvalue weighted by atomic mass is 10.1. The van der Waals surface area contributed by atoms with E-state index >= 15 is 0 Å². The number of anilines is 1. The molecule has 0 saturated carbocycles. The molecule has 2 heterocycles. The van der Waals surface area contributed by atoms with Gasteiger partial charge in [0.1, 0.15) is 35.6 Å². The minimum Gasteiger partial charge on any atom is -0.489 e. The Balaban J connectivity index is 1.46. The van der Waals surface area contributed by atoms with Crippen molar-refractivity contribution in [2.75, 3.05) is 39.2 Å². The van der Waals surface area contributed by atoms with Crippen LogP contribution in [0, 0.1) is 11.8 Å². The van der Waals surface area contributed by atoms with Crippen molar-refractivity contribution in [3.8, 4) is 29.1 Å². The number of hydrogen-bond donors (Lipinski definition) is 1. The number of para-hydroxylation sites is 1. The Morgan fingerprint density at radius 3 is 2.74 bits per heavy atom. The molecular formula is C27H26N4O4. The second kappa shape index (κ2) is 10.7. The molecule has 8 heteroatoms. The number of benzene rings is 2. The number of carbonyl (C=O) groups excluding carboxylic acids is 2. The van der Waals surface area contributed by atoms with Gasteiger partial charge in [-0.1, -0.05) is 30.0 Å². The van der Waals surface area contributed by atoms with Crippen molar-refractivity contribution < 1.29 is 19.1 Å². The molecule has 0 radical (unpaired) electrons. The number of nitrogens with zero attached hydrogens (tertiary/aromatic N) is 3. The van der Waals surface area contributed by atoms with Gasteiger partial charge in [-0.2, -0.15) is 0 Å². The summed E-state index contributed by atoms with van der Waals surface area (Å²) in [5.74, 6) is 7.03. The molecule has 2 amide bonds. The summed E-state index contributed by atoms with van der Waals surface area (Å²) >= 11 is 0. The van der Waals surface area contributed by atoms with Gasteiger partial charge < -0.3 is 19.7 Å². The molecule has 3 aromatic rings. The second-order valence-corrected chi connectivity index (χ2v) is 8.25. The van der Waals surface area contributed by atoms with Crippen LogP contribution in [0.25, 0.3) is 0 Å². The Morgan fingerprint density at radius 2 is 1.97 bits per heavy atom. The first-order valence-electron chi connectivity index (χ1n) is 11.1. The van der Waals surface area contributed by atoms with E-state index in [0.717, 1.165) is 5.56 Å². The standard InChI is InChI=1S/C27H26N4O4/c1-30(2)15-7-8-19-11-12-25-24(16-19)31(3)27(33)23(18-34-25)29-26(32)22-17-21(13-14-28-22)35-20-9-5-4-6-10-20/h4-6,9-14,16-17,23H,15,18H2,1-3H3,(H,29,32). The van der Waals surface area contributed by atoms with E-state index in [1.165, 1.54) is 17.2 Å². The van der Waals surface area contributed by atoms with E-state index in [0.29, 0.717) is 29.5 Å². The zero-order valence-electron chi connectivity index (χ0n) is 19.8. The Kier molecular flexibility index (Phi) is 7.29. The monoisotopic (exact) mass is 470 g/mol. The number of fused-ring (bicyclic) bond motifs is 1. The molecule has 178 valence electrons. The number of pyridine rings is 1. The lowest BCUT2D eigenvalue weighted by Gasteiger charge is -2.20. The van der Waals surface area contributed by atoms with Crippen molar-refractivity contribution >= 4 is 17.5 Å². The van der Waals surface area contributed by atoms with Gasteiger partial charge in [0.2, 0.25) is 0 Å². The first-order valence-corrected chi connectivity index (χ1v) is 11.1. The maximum absolute atomic E-state index is 13.1. The van der Waals surface area contributed by atoms with Crippen LogP contribution in [-0.2, 0) is 4.79 Å². The molecule has 0 saturated heterocycles. The molecule has 0 bridgehead atoms. The summed E-state index contributed by atoms with van der Waals surface area (Å²) < 4.78 is 11.6. The fourth-order valence-electron chi connectivity index (χ4n) is 3.43. The largest absolute Gasteiger partial charge is 0.489 e. The van der Waals surface area contributed by atoms with Crippen LogP contribution < -0.4 is 19.7 Å². The summed E-state index contributed by atoms with van der Waals surface area (Å²) in [7, 11) is 5.55. The first kappa shape index (κ1) is 23.8. The summed E-state index contributed by atoms with van der Waals surface area (Å²) in [5.41, 5.74) is 1.50. The predicted octanol–water partition coefficient (Wildman–Crippen LogP) is 2.94. The van der Waals surface area contributed by atoms with Gasteiger partial charge in [0.25, 0.3) is 11.8 Å². The fraction of sp³-hybridized carbons (Fsp3) is 0.222. The van der Waals surface area contributed by atoms with Crippen molar-refractivity contribution in [1.29, 1.82) is 0 Å². The minimum absolute atomic E-state index is 0.00618. The zero-order chi connectivity index (χ0) is 24.8. The minimum atomic E-state index is -0.885. The number of carbonyl (C=O) groups is 2. The van der Waals surface area contributed by atoms with E-state index < -0.39 is 11.9 Å². The van der Waals surface area contributed by atoms with Crippen LogP contribution in [0.1, 0.15) is 16.1 Å². The molecule has 1 unspecified atom stereocenters. The van der Waals surface area contributed by atoms with Crippen LogP contribution in [0.2, 0.25) is 0 Å². The van der Waals surface area contributed by atoms with Gasteiger partial charge in [-0.15, -0.1) is 0 Å². The van der Waals surface area contributed by atoms with Crippen molar-refractivity contribution in [1.82, 2.24) is 15.2 Å². The quantitative estimate of drug-likeness (QED) is 0.578. The molecule has 35 heavy (non-hydrogen) atoms. The van der Waals surface area contributed by atoms with Crippen molar-refractivity contribution in [2.24, 2.45) is 0 Å². The van der Waals surface area contributed by atoms with E-state index in [1.807, 2.05) is 61.5 Å². The SMILES string of the molecule is CN(C)CC#Cc1ccc2c(c1)N(C)C(=O)C(NC(=O)c1cc(Oc3ccccc3)ccn1)CO2. The maximum atomic E-state index is 13.1. The van der Waals surface area contributed by atoms with E-state index in [2.05, 4.69) is 22.1 Å². The summed E-state index contributed by atoms with van der Waals surface area (Å²) in [5, 5.41) is 2.74. The summed E-state index contributed by atoms with van der Waals surface area (Å²) in [6, 6.07) is 17.0. The van der Waals surface area contributed by atoms with Crippen LogP contribution in [0.4, 0.5) is 5.69 Å². The molecule has 0 spiro atoms. The van der Waals surface area contributed by atoms with Gasteiger partial charge in [0.05, 0.1) is 12.2 Å². The molecule has 1 aliphatic rings. The highest BCUT2D eigenvalue weighted by molar-refractivity contribution is 6.03. The Bertz CT molecular complexity index is 1280. The van der Waals surface area contributed by atoms with Crippen LogP contribution in [0.5, 0.6) is 17.2 Å². The van der Waals surface area contributed by atoms with Gasteiger partial charge in [-0.25, -0.2) is 0 Å². The van der Waals surface area contributed by atoms with Gasteiger partial charge in [-0.3, -0.25) is 19.5 Å². The van der Waals surface area contributed by atoms with E-state index in [1.54, 1.807) is 19.2 Å². The Hall–Kier alpha value is -4.35. The van der Waals surface area contributed by atoms with Crippen LogP contribution in [0.3, 0.4) is 0 Å². The normalized spacial score (nSPS) is 14.8. The molecule has 1 aromatic heterocycles. The third-order valence-electron chi connectivity index (χ3n) is 5.23. The summed E-state index contributed by atoms with van der Waals surface area (Å²) in [6.45, 7) is 0.621. The number of rotatable bonds is 5. The fourth-order valence-corrected chi connectivity index (χ4v) is 3.43. The van der Waals surface area contributed by atoms with E-state index in [4.69, 9.17) is 9.47 Å². The van der Waals surface area contributed by atoms with E-state index in [-0.39, 0.29) is 18.2 Å². The molecule has 1 aliphatic heterocycles. The Labute approximate surface area is 204 Å². The molecule has 2 aromatic carbocycles. The van der Waals surface area contributed by atoms with Crippen LogP contribution in [-0.4, -0.2) is 62.0 Å². The summed E-state index contributed by atoms with van der Waals surface area (Å²) in [4.78, 5) is 33.6. The van der Waals surface area contributed by atoms with Gasteiger partial charge in [0.15, 0.2) is 0 Å². The number of ether oxygens (including phenoxy) is 2. The highest BCUT2D eigenvalue weighted by Gasteiger charge is 2.31. The molecule has 0 fully saturated rings. The molecule has 1 atom stereocenters. The van der Waals surface area contributed by atoms with Crippen LogP contribution in [0.15, 0.2) is 66.9 Å². The molecule has 8 nitrogen and oxygen atoms in total. The third-order valence-corrected chi connectivity index (χ3v) is 5.23. The third kappa shape index (κ3) is 5.96. The number of amides is 2. The predicted molar refractivity (Wildman–Crippen MR) is 133 cm³/mol. The van der Waals surface area contributed by atoms with E-state index in [9.17, 15) is 9.59 Å².